The molecule has 3 rings (SSSR count). The predicted octanol–water partition coefficient (Wildman–Crippen LogP) is 0.365. The Morgan fingerprint density at radius 3 is 2.57 bits per heavy atom. The Morgan fingerprint density at radius 1 is 1.22 bits per heavy atom. The summed E-state index contributed by atoms with van der Waals surface area (Å²) >= 11 is 0. The average molecular weight is 320 g/mol. The minimum atomic E-state index is -0.951. The van der Waals surface area contributed by atoms with Crippen LogP contribution in [0.1, 0.15) is 12.0 Å². The molecule has 1 aromatic rings. The number of likely N-dealkylation sites (tertiary alicyclic amines) is 1. The number of carbonyl (C=O) groups is 1. The van der Waals surface area contributed by atoms with Crippen molar-refractivity contribution in [3.63, 3.8) is 0 Å². The van der Waals surface area contributed by atoms with Crippen LogP contribution in [0.2, 0.25) is 0 Å². The molecule has 6 nitrogen and oxygen atoms in total. The molecule has 2 aliphatic heterocycles. The lowest BCUT2D eigenvalue weighted by molar-refractivity contribution is -0.144. The van der Waals surface area contributed by atoms with Crippen molar-refractivity contribution in [2.75, 3.05) is 45.9 Å². The Morgan fingerprint density at radius 2 is 1.91 bits per heavy atom. The minimum Gasteiger partial charge on any atom is -0.480 e. The lowest BCUT2D eigenvalue weighted by Gasteiger charge is -2.50. The van der Waals surface area contributed by atoms with Crippen molar-refractivity contribution in [2.45, 2.75) is 18.1 Å². The highest BCUT2D eigenvalue weighted by Crippen LogP contribution is 2.36. The smallest absolute Gasteiger partial charge is 0.317 e. The second-order valence-corrected chi connectivity index (χ2v) is 6.33. The molecule has 2 heterocycles. The molecule has 0 aliphatic carbocycles. The summed E-state index contributed by atoms with van der Waals surface area (Å²) in [5.74, 6) is -0.823. The molecule has 126 valence electrons. The molecule has 0 aromatic heterocycles. The van der Waals surface area contributed by atoms with Crippen LogP contribution >= 0.6 is 0 Å². The molecule has 2 aliphatic rings. The maximum absolute atomic E-state index is 11.4. The van der Waals surface area contributed by atoms with Gasteiger partial charge in [0, 0.05) is 26.2 Å². The van der Waals surface area contributed by atoms with Crippen LogP contribution in [0.15, 0.2) is 30.3 Å². The number of aliphatic hydroxyl groups is 1. The predicted molar refractivity (Wildman–Crippen MR) is 85.2 cm³/mol. The molecule has 0 bridgehead atoms. The SMILES string of the molecule is O=C(O)CN1CC[C@](O)(c2ccccc2)[C@H](N2CCOCC2)C1. The third-order valence-corrected chi connectivity index (χ3v) is 4.91. The van der Waals surface area contributed by atoms with Gasteiger partial charge in [-0.1, -0.05) is 30.3 Å². The van der Waals surface area contributed by atoms with E-state index in [1.165, 1.54) is 0 Å². The summed E-state index contributed by atoms with van der Waals surface area (Å²) in [6.07, 6.45) is 0.534. The van der Waals surface area contributed by atoms with Crippen molar-refractivity contribution in [2.24, 2.45) is 0 Å². The number of carboxylic acids is 1. The zero-order valence-corrected chi connectivity index (χ0v) is 13.2. The molecule has 0 saturated carbocycles. The Bertz CT molecular complexity index is 533. The molecule has 0 radical (unpaired) electrons. The number of ether oxygens (including phenoxy) is 1. The van der Waals surface area contributed by atoms with Gasteiger partial charge in [-0.3, -0.25) is 14.6 Å². The normalized spacial score (nSPS) is 30.2. The van der Waals surface area contributed by atoms with Gasteiger partial charge >= 0.3 is 5.97 Å². The first-order chi connectivity index (χ1) is 11.1. The van der Waals surface area contributed by atoms with Crippen molar-refractivity contribution < 1.29 is 19.7 Å². The van der Waals surface area contributed by atoms with Gasteiger partial charge in [-0.05, 0) is 12.0 Å². The second kappa shape index (κ2) is 6.97. The number of hydrogen-bond acceptors (Lipinski definition) is 5. The number of morpholine rings is 1. The van der Waals surface area contributed by atoms with E-state index >= 15 is 0 Å². The summed E-state index contributed by atoms with van der Waals surface area (Å²) in [4.78, 5) is 15.2. The van der Waals surface area contributed by atoms with Gasteiger partial charge in [0.2, 0.25) is 0 Å². The van der Waals surface area contributed by atoms with E-state index in [4.69, 9.17) is 9.84 Å². The van der Waals surface area contributed by atoms with Crippen LogP contribution in [0.4, 0.5) is 0 Å². The van der Waals surface area contributed by atoms with Gasteiger partial charge in [0.25, 0.3) is 0 Å². The summed E-state index contributed by atoms with van der Waals surface area (Å²) in [6, 6.07) is 9.61. The number of rotatable bonds is 4. The number of aliphatic carboxylic acids is 1. The van der Waals surface area contributed by atoms with Gasteiger partial charge in [-0.2, -0.15) is 0 Å². The van der Waals surface area contributed by atoms with E-state index in [1.54, 1.807) is 0 Å². The quantitative estimate of drug-likeness (QED) is 0.835. The van der Waals surface area contributed by atoms with Gasteiger partial charge < -0.3 is 14.9 Å². The Labute approximate surface area is 136 Å². The van der Waals surface area contributed by atoms with Crippen molar-refractivity contribution in [3.8, 4) is 0 Å². The first-order valence-corrected chi connectivity index (χ1v) is 8.13. The van der Waals surface area contributed by atoms with Gasteiger partial charge in [-0.15, -0.1) is 0 Å². The number of hydrogen-bond donors (Lipinski definition) is 2. The molecule has 0 amide bonds. The largest absolute Gasteiger partial charge is 0.480 e. The van der Waals surface area contributed by atoms with E-state index in [-0.39, 0.29) is 12.6 Å². The van der Waals surface area contributed by atoms with Gasteiger partial charge in [0.15, 0.2) is 0 Å². The van der Waals surface area contributed by atoms with Gasteiger partial charge in [0.05, 0.1) is 25.8 Å². The lowest BCUT2D eigenvalue weighted by atomic mass is 9.79. The Hall–Kier alpha value is -1.47. The standard InChI is InChI=1S/C17H24N2O4/c20-16(21)13-18-7-6-17(22,14-4-2-1-3-5-14)15(12-18)19-8-10-23-11-9-19/h1-5,15,22H,6-13H2,(H,20,21)/t15-,17+/m1/s1. The minimum absolute atomic E-state index is 0.0196. The van der Waals surface area contributed by atoms with E-state index in [2.05, 4.69) is 4.90 Å². The fraction of sp³-hybridized carbons (Fsp3) is 0.588. The monoisotopic (exact) mass is 320 g/mol. The summed E-state index contributed by atoms with van der Waals surface area (Å²) in [5.41, 5.74) is -0.0420. The zero-order valence-electron chi connectivity index (χ0n) is 13.2. The highest BCUT2D eigenvalue weighted by molar-refractivity contribution is 5.69. The third kappa shape index (κ3) is 3.55. The van der Waals surface area contributed by atoms with E-state index in [9.17, 15) is 9.90 Å². The fourth-order valence-corrected chi connectivity index (χ4v) is 3.69. The maximum Gasteiger partial charge on any atom is 0.317 e. The highest BCUT2D eigenvalue weighted by Gasteiger charge is 2.46. The first-order valence-electron chi connectivity index (χ1n) is 8.13. The third-order valence-electron chi connectivity index (χ3n) is 4.91. The van der Waals surface area contributed by atoms with Crippen LogP contribution in [-0.2, 0) is 15.1 Å². The summed E-state index contributed by atoms with van der Waals surface area (Å²) in [6.45, 7) is 3.99. The topological polar surface area (TPSA) is 73.2 Å². The molecule has 0 spiro atoms. The van der Waals surface area contributed by atoms with E-state index in [1.807, 2.05) is 35.2 Å². The molecule has 2 fully saturated rings. The fourth-order valence-electron chi connectivity index (χ4n) is 3.69. The Balaban J connectivity index is 1.86. The second-order valence-electron chi connectivity index (χ2n) is 6.33. The first kappa shape index (κ1) is 16.4. The zero-order chi connectivity index (χ0) is 16.3. The molecule has 23 heavy (non-hydrogen) atoms. The summed E-state index contributed by atoms with van der Waals surface area (Å²) in [5, 5.41) is 20.5. The Kier molecular flexibility index (Phi) is 4.96. The number of carboxylic acid groups (broad SMARTS) is 1. The van der Waals surface area contributed by atoms with E-state index in [0.717, 1.165) is 18.7 Å². The lowest BCUT2D eigenvalue weighted by Crippen LogP contribution is -2.63. The van der Waals surface area contributed by atoms with Crippen LogP contribution < -0.4 is 0 Å². The molecular formula is C17H24N2O4. The molecule has 2 atom stereocenters. The van der Waals surface area contributed by atoms with Gasteiger partial charge in [-0.25, -0.2) is 0 Å². The number of benzene rings is 1. The van der Waals surface area contributed by atoms with Crippen molar-refractivity contribution >= 4 is 5.97 Å². The van der Waals surface area contributed by atoms with Crippen LogP contribution in [0.3, 0.4) is 0 Å². The molecule has 2 saturated heterocycles. The van der Waals surface area contributed by atoms with Gasteiger partial charge in [0.1, 0.15) is 5.60 Å². The number of piperidine rings is 1. The van der Waals surface area contributed by atoms with Crippen molar-refractivity contribution in [3.05, 3.63) is 35.9 Å². The van der Waals surface area contributed by atoms with Crippen LogP contribution in [0, 0.1) is 0 Å². The molecule has 0 unspecified atom stereocenters. The highest BCUT2D eigenvalue weighted by atomic mass is 16.5. The summed E-state index contributed by atoms with van der Waals surface area (Å²) in [7, 11) is 0. The van der Waals surface area contributed by atoms with E-state index in [0.29, 0.717) is 32.7 Å². The van der Waals surface area contributed by atoms with Crippen LogP contribution in [-0.4, -0.2) is 78.0 Å². The number of nitrogens with zero attached hydrogens (tertiary/aromatic N) is 2. The molecule has 6 heteroatoms. The van der Waals surface area contributed by atoms with Crippen LogP contribution in [0.5, 0.6) is 0 Å². The van der Waals surface area contributed by atoms with E-state index < -0.39 is 11.6 Å². The van der Waals surface area contributed by atoms with Crippen LogP contribution in [0.25, 0.3) is 0 Å². The maximum atomic E-state index is 11.4. The molecular weight excluding hydrogens is 296 g/mol. The molecule has 2 N–H and O–H groups in total. The average Bonchev–Trinajstić information content (AvgIpc) is 2.58. The summed E-state index contributed by atoms with van der Waals surface area (Å²) < 4.78 is 5.42. The van der Waals surface area contributed by atoms with Crippen molar-refractivity contribution in [1.29, 1.82) is 0 Å². The van der Waals surface area contributed by atoms with Crippen molar-refractivity contribution in [1.82, 2.24) is 9.80 Å². The molecule has 1 aromatic carbocycles.